The molecule has 3 rings (SSSR count). The van der Waals surface area contributed by atoms with Gasteiger partial charge >= 0.3 is 6.18 Å². The Morgan fingerprint density at radius 1 is 1.11 bits per heavy atom. The summed E-state index contributed by atoms with van der Waals surface area (Å²) in [6.07, 6.45) is -3.95. The number of H-pyrrole nitrogens is 1. The lowest BCUT2D eigenvalue weighted by Crippen LogP contribution is -2.04. The smallest absolute Gasteiger partial charge is 0.416 e. The van der Waals surface area contributed by atoms with E-state index in [1.807, 2.05) is 25.1 Å². The molecule has 0 aliphatic carbocycles. The van der Waals surface area contributed by atoms with Crippen LogP contribution in [-0.4, -0.2) is 22.0 Å². The van der Waals surface area contributed by atoms with Crippen molar-refractivity contribution in [2.24, 2.45) is 0 Å². The normalized spacial score (nSPS) is 11.2. The summed E-state index contributed by atoms with van der Waals surface area (Å²) in [5.74, 6) is 0.587. The maximum Gasteiger partial charge on any atom is 0.416 e. The summed E-state index contributed by atoms with van der Waals surface area (Å²) < 4.78 is 43.7. The molecule has 0 radical (unpaired) electrons. The fourth-order valence-corrected chi connectivity index (χ4v) is 2.70. The number of ether oxygens (including phenoxy) is 1. The Labute approximate surface area is 153 Å². The van der Waals surface area contributed by atoms with Crippen LogP contribution in [0.1, 0.15) is 29.3 Å². The lowest BCUT2D eigenvalue weighted by Gasteiger charge is -2.11. The third-order valence-corrected chi connectivity index (χ3v) is 3.90. The predicted molar refractivity (Wildman–Crippen MR) is 92.0 cm³/mol. The van der Waals surface area contributed by atoms with E-state index in [1.165, 1.54) is 12.1 Å². The first-order valence-corrected chi connectivity index (χ1v) is 8.15. The number of nitrogens with zero attached hydrogens (tertiary/aromatic N) is 3. The summed E-state index contributed by atoms with van der Waals surface area (Å²) in [5, 5.41) is 19.3. The van der Waals surface area contributed by atoms with E-state index in [0.29, 0.717) is 30.0 Å². The number of benzene rings is 2. The van der Waals surface area contributed by atoms with Crippen molar-refractivity contribution < 1.29 is 17.9 Å². The van der Waals surface area contributed by atoms with Gasteiger partial charge in [-0.3, -0.25) is 0 Å². The van der Waals surface area contributed by atoms with E-state index >= 15 is 0 Å². The zero-order valence-corrected chi connectivity index (χ0v) is 14.3. The Morgan fingerprint density at radius 3 is 2.48 bits per heavy atom. The highest BCUT2D eigenvalue weighted by molar-refractivity contribution is 5.67. The van der Waals surface area contributed by atoms with E-state index in [9.17, 15) is 13.2 Å². The average Bonchev–Trinajstić information content (AvgIpc) is 3.10. The third-order valence-electron chi connectivity index (χ3n) is 3.90. The molecule has 0 saturated carbocycles. The van der Waals surface area contributed by atoms with Crippen molar-refractivity contribution in [3.8, 4) is 23.1 Å². The highest BCUT2D eigenvalue weighted by Crippen LogP contribution is 2.30. The molecule has 8 heteroatoms. The van der Waals surface area contributed by atoms with Gasteiger partial charge in [-0.1, -0.05) is 17.3 Å². The molecule has 1 heterocycles. The van der Waals surface area contributed by atoms with Gasteiger partial charge < -0.3 is 4.74 Å². The van der Waals surface area contributed by atoms with Crippen LogP contribution < -0.4 is 4.74 Å². The summed E-state index contributed by atoms with van der Waals surface area (Å²) in [5.41, 5.74) is 2.13. The van der Waals surface area contributed by atoms with Crippen LogP contribution in [0, 0.1) is 11.3 Å². The molecule has 0 aliphatic rings. The molecule has 138 valence electrons. The maximum atomic E-state index is 12.7. The number of hydrogen-bond donors (Lipinski definition) is 1. The van der Waals surface area contributed by atoms with Gasteiger partial charge in [0.15, 0.2) is 5.69 Å². The molecule has 3 aromatic rings. The first-order valence-electron chi connectivity index (χ1n) is 8.15. The second kappa shape index (κ2) is 7.50. The van der Waals surface area contributed by atoms with Crippen molar-refractivity contribution in [2.45, 2.75) is 19.5 Å². The standard InChI is InChI=1S/C19H15F3N4O/c1-2-27-16-9-13(7-12-3-5-15(6-4-12)19(20,21)22)8-14(10-16)18-17(11-23)24-26-25-18/h3-6,8-10H,2,7H2,1H3,(H,24,25,26). The lowest BCUT2D eigenvalue weighted by molar-refractivity contribution is -0.137. The lowest BCUT2D eigenvalue weighted by atomic mass is 9.99. The van der Waals surface area contributed by atoms with E-state index in [1.54, 1.807) is 6.07 Å². The number of rotatable bonds is 5. The molecule has 1 N–H and O–H groups in total. The predicted octanol–water partition coefficient (Wildman–Crippen LogP) is 4.35. The van der Waals surface area contributed by atoms with E-state index in [-0.39, 0.29) is 5.69 Å². The SMILES string of the molecule is CCOc1cc(Cc2ccc(C(F)(F)F)cc2)cc(-c2nn[nH]c2C#N)c1. The average molecular weight is 372 g/mol. The molecule has 2 aromatic carbocycles. The molecule has 0 amide bonds. The minimum atomic E-state index is -4.36. The molecule has 0 aliphatic heterocycles. The van der Waals surface area contributed by atoms with E-state index < -0.39 is 11.7 Å². The summed E-state index contributed by atoms with van der Waals surface area (Å²) in [6, 6.07) is 12.4. The zero-order chi connectivity index (χ0) is 19.4. The summed E-state index contributed by atoms with van der Waals surface area (Å²) >= 11 is 0. The minimum absolute atomic E-state index is 0.226. The first kappa shape index (κ1) is 18.5. The zero-order valence-electron chi connectivity index (χ0n) is 14.3. The largest absolute Gasteiger partial charge is 0.494 e. The van der Waals surface area contributed by atoms with Crippen LogP contribution in [0.3, 0.4) is 0 Å². The van der Waals surface area contributed by atoms with Gasteiger partial charge in [0.2, 0.25) is 0 Å². The minimum Gasteiger partial charge on any atom is -0.494 e. The molecule has 0 unspecified atom stereocenters. The number of aromatic nitrogens is 3. The van der Waals surface area contributed by atoms with Gasteiger partial charge in [0.25, 0.3) is 0 Å². The molecule has 27 heavy (non-hydrogen) atoms. The van der Waals surface area contributed by atoms with Crippen molar-refractivity contribution in [3.05, 3.63) is 64.8 Å². The Balaban J connectivity index is 1.94. The monoisotopic (exact) mass is 372 g/mol. The second-order valence-corrected chi connectivity index (χ2v) is 5.82. The Hall–Kier alpha value is -3.34. The summed E-state index contributed by atoms with van der Waals surface area (Å²) in [6.45, 7) is 2.30. The van der Waals surface area contributed by atoms with Crippen LogP contribution in [-0.2, 0) is 12.6 Å². The van der Waals surface area contributed by atoms with Crippen LogP contribution in [0.2, 0.25) is 0 Å². The molecule has 0 bridgehead atoms. The van der Waals surface area contributed by atoms with Crippen LogP contribution in [0.25, 0.3) is 11.3 Å². The van der Waals surface area contributed by atoms with Gasteiger partial charge in [0.1, 0.15) is 17.5 Å². The van der Waals surface area contributed by atoms with Gasteiger partial charge in [0, 0.05) is 5.56 Å². The molecule has 5 nitrogen and oxygen atoms in total. The number of halogens is 3. The number of nitriles is 1. The van der Waals surface area contributed by atoms with E-state index in [0.717, 1.165) is 23.3 Å². The van der Waals surface area contributed by atoms with Gasteiger partial charge in [-0.15, -0.1) is 5.10 Å². The number of hydrogen-bond acceptors (Lipinski definition) is 4. The highest BCUT2D eigenvalue weighted by atomic mass is 19.4. The van der Waals surface area contributed by atoms with Crippen LogP contribution in [0.15, 0.2) is 42.5 Å². The molecular formula is C19H15F3N4O. The van der Waals surface area contributed by atoms with Gasteiger partial charge in [-0.2, -0.15) is 18.4 Å². The molecule has 0 atom stereocenters. The Morgan fingerprint density at radius 2 is 1.85 bits per heavy atom. The van der Waals surface area contributed by atoms with Crippen molar-refractivity contribution in [3.63, 3.8) is 0 Å². The van der Waals surface area contributed by atoms with Gasteiger partial charge in [0.05, 0.1) is 12.2 Å². The molecule has 0 saturated heterocycles. The maximum absolute atomic E-state index is 12.7. The quantitative estimate of drug-likeness (QED) is 0.722. The fourth-order valence-electron chi connectivity index (χ4n) is 2.70. The van der Waals surface area contributed by atoms with E-state index in [4.69, 9.17) is 10.00 Å². The molecule has 0 fully saturated rings. The molecule has 0 spiro atoms. The number of aromatic amines is 1. The van der Waals surface area contributed by atoms with Crippen LogP contribution in [0.4, 0.5) is 13.2 Å². The van der Waals surface area contributed by atoms with Crippen molar-refractivity contribution in [1.29, 1.82) is 5.26 Å². The van der Waals surface area contributed by atoms with Crippen LogP contribution in [0.5, 0.6) is 5.75 Å². The highest BCUT2D eigenvalue weighted by Gasteiger charge is 2.29. The van der Waals surface area contributed by atoms with Gasteiger partial charge in [-0.25, -0.2) is 5.10 Å². The van der Waals surface area contributed by atoms with Gasteiger partial charge in [-0.05, 0) is 54.8 Å². The summed E-state index contributed by atoms with van der Waals surface area (Å²) in [7, 11) is 0. The Bertz CT molecular complexity index is 972. The van der Waals surface area contributed by atoms with Crippen molar-refractivity contribution >= 4 is 0 Å². The Kier molecular flexibility index (Phi) is 5.12. The van der Waals surface area contributed by atoms with Crippen LogP contribution >= 0.6 is 0 Å². The first-order chi connectivity index (χ1) is 12.9. The molecular weight excluding hydrogens is 357 g/mol. The topological polar surface area (TPSA) is 74.6 Å². The molecule has 1 aromatic heterocycles. The van der Waals surface area contributed by atoms with Crippen molar-refractivity contribution in [1.82, 2.24) is 15.4 Å². The van der Waals surface area contributed by atoms with E-state index in [2.05, 4.69) is 15.4 Å². The van der Waals surface area contributed by atoms with Crippen molar-refractivity contribution in [2.75, 3.05) is 6.61 Å². The number of alkyl halides is 3. The third kappa shape index (κ3) is 4.26. The summed E-state index contributed by atoms with van der Waals surface area (Å²) in [4.78, 5) is 0. The number of nitrogens with one attached hydrogen (secondary N) is 1. The second-order valence-electron chi connectivity index (χ2n) is 5.82. The fraction of sp³-hybridized carbons (Fsp3) is 0.211.